The van der Waals surface area contributed by atoms with Gasteiger partial charge >= 0.3 is 0 Å². The van der Waals surface area contributed by atoms with Crippen LogP contribution in [-0.2, 0) is 0 Å². The standard InChI is InChI=1S/C38H28N2/c1-5-25-21-23-31-29-15-9-11-17-33(29)39(37(31)27(25)7-3)35-19-13-14-20-36(35)40-34-18-12-10-16-30(34)32-24-22-26(6-2)28(8-4)38(32)40/h5-24H,1-4H2. The topological polar surface area (TPSA) is 9.86 Å². The number of nitrogens with zero attached hydrogens (tertiary/aromatic N) is 2. The van der Waals surface area contributed by atoms with E-state index in [1.165, 1.54) is 21.5 Å². The molecule has 0 atom stereocenters. The van der Waals surface area contributed by atoms with Crippen molar-refractivity contribution in [3.05, 3.63) is 146 Å². The minimum absolute atomic E-state index is 1.06. The molecule has 0 fully saturated rings. The molecule has 0 N–H and O–H groups in total. The molecular weight excluding hydrogens is 484 g/mol. The molecule has 2 aromatic heterocycles. The third-order valence-electron chi connectivity index (χ3n) is 8.03. The van der Waals surface area contributed by atoms with Gasteiger partial charge in [0.2, 0.25) is 0 Å². The first-order valence-corrected chi connectivity index (χ1v) is 13.4. The molecule has 190 valence electrons. The maximum atomic E-state index is 4.20. The number of fused-ring (bicyclic) bond motifs is 6. The van der Waals surface area contributed by atoms with E-state index in [0.717, 1.165) is 55.7 Å². The van der Waals surface area contributed by atoms with Gasteiger partial charge in [0.25, 0.3) is 0 Å². The molecule has 2 heteroatoms. The predicted octanol–water partition coefficient (Wildman–Crippen LogP) is 10.5. The van der Waals surface area contributed by atoms with Crippen LogP contribution in [0.4, 0.5) is 0 Å². The van der Waals surface area contributed by atoms with E-state index in [1.807, 2.05) is 24.3 Å². The number of para-hydroxylation sites is 4. The van der Waals surface area contributed by atoms with Crippen molar-refractivity contribution >= 4 is 67.9 Å². The van der Waals surface area contributed by atoms with Crippen LogP contribution in [0.15, 0.2) is 123 Å². The number of aromatic nitrogens is 2. The summed E-state index contributed by atoms with van der Waals surface area (Å²) in [5.74, 6) is 0. The number of hydrogen-bond acceptors (Lipinski definition) is 0. The van der Waals surface area contributed by atoms with E-state index in [-0.39, 0.29) is 0 Å². The fourth-order valence-corrected chi connectivity index (χ4v) is 6.33. The van der Waals surface area contributed by atoms with Gasteiger partial charge in [-0.3, -0.25) is 0 Å². The van der Waals surface area contributed by atoms with Crippen molar-refractivity contribution in [2.75, 3.05) is 0 Å². The van der Waals surface area contributed by atoms with Gasteiger partial charge in [0.05, 0.1) is 33.4 Å². The highest BCUT2D eigenvalue weighted by Gasteiger charge is 2.21. The van der Waals surface area contributed by atoms with Crippen molar-refractivity contribution in [3.63, 3.8) is 0 Å². The fourth-order valence-electron chi connectivity index (χ4n) is 6.33. The molecule has 0 saturated carbocycles. The van der Waals surface area contributed by atoms with Crippen molar-refractivity contribution in [2.24, 2.45) is 0 Å². The zero-order valence-electron chi connectivity index (χ0n) is 22.3. The molecule has 0 aliphatic rings. The molecule has 2 nitrogen and oxygen atoms in total. The van der Waals surface area contributed by atoms with Gasteiger partial charge in [0, 0.05) is 32.7 Å². The van der Waals surface area contributed by atoms with E-state index >= 15 is 0 Å². The van der Waals surface area contributed by atoms with E-state index in [0.29, 0.717) is 0 Å². The summed E-state index contributed by atoms with van der Waals surface area (Å²) in [4.78, 5) is 0. The molecule has 7 aromatic rings. The van der Waals surface area contributed by atoms with Gasteiger partial charge in [-0.1, -0.05) is 123 Å². The smallest absolute Gasteiger partial charge is 0.0703 e. The van der Waals surface area contributed by atoms with Crippen LogP contribution < -0.4 is 0 Å². The molecule has 0 aliphatic carbocycles. The lowest BCUT2D eigenvalue weighted by Gasteiger charge is -2.18. The molecule has 5 aromatic carbocycles. The highest BCUT2D eigenvalue weighted by molar-refractivity contribution is 6.14. The fraction of sp³-hybridized carbons (Fsp3) is 0. The quantitative estimate of drug-likeness (QED) is 0.210. The van der Waals surface area contributed by atoms with Gasteiger partial charge in [0.1, 0.15) is 0 Å². The average molecular weight is 513 g/mol. The summed E-state index contributed by atoms with van der Waals surface area (Å²) in [5.41, 5.74) is 11.0. The molecule has 40 heavy (non-hydrogen) atoms. The first-order valence-electron chi connectivity index (χ1n) is 13.4. The lowest BCUT2D eigenvalue weighted by Crippen LogP contribution is -2.05. The molecule has 0 amide bonds. The van der Waals surface area contributed by atoms with E-state index in [9.17, 15) is 0 Å². The van der Waals surface area contributed by atoms with Gasteiger partial charge in [-0.2, -0.15) is 0 Å². The molecule has 0 unspecified atom stereocenters. The first kappa shape index (κ1) is 23.8. The van der Waals surface area contributed by atoms with Gasteiger partial charge in [-0.05, 0) is 35.4 Å². The van der Waals surface area contributed by atoms with Crippen molar-refractivity contribution in [1.29, 1.82) is 0 Å². The van der Waals surface area contributed by atoms with Crippen LogP contribution in [0.1, 0.15) is 22.3 Å². The maximum absolute atomic E-state index is 4.20. The SMILES string of the molecule is C=Cc1ccc2c3ccccc3n(-c3ccccc3-n3c4ccccc4c4ccc(C=C)c(C=C)c43)c2c1C=C. The Morgan fingerprint density at radius 3 is 1.20 bits per heavy atom. The predicted molar refractivity (Wildman–Crippen MR) is 175 cm³/mol. The molecule has 7 rings (SSSR count). The third-order valence-corrected chi connectivity index (χ3v) is 8.03. The summed E-state index contributed by atoms with van der Waals surface area (Å²) in [6.07, 6.45) is 7.71. The van der Waals surface area contributed by atoms with E-state index < -0.39 is 0 Å². The largest absolute Gasteiger partial charge is 0.307 e. The summed E-state index contributed by atoms with van der Waals surface area (Å²) < 4.78 is 4.77. The van der Waals surface area contributed by atoms with Crippen LogP contribution in [0.25, 0.3) is 79.3 Å². The molecule has 0 saturated heterocycles. The van der Waals surface area contributed by atoms with Crippen molar-refractivity contribution in [1.82, 2.24) is 9.13 Å². The van der Waals surface area contributed by atoms with E-state index in [4.69, 9.17) is 0 Å². The zero-order chi connectivity index (χ0) is 27.4. The van der Waals surface area contributed by atoms with E-state index in [2.05, 4.69) is 133 Å². The third kappa shape index (κ3) is 3.17. The van der Waals surface area contributed by atoms with Crippen LogP contribution in [0.5, 0.6) is 0 Å². The molecule has 0 radical (unpaired) electrons. The normalized spacial score (nSPS) is 11.4. The molecule has 0 bridgehead atoms. The van der Waals surface area contributed by atoms with Crippen molar-refractivity contribution in [2.45, 2.75) is 0 Å². The van der Waals surface area contributed by atoms with Crippen LogP contribution in [0.2, 0.25) is 0 Å². The number of benzene rings is 5. The van der Waals surface area contributed by atoms with Gasteiger partial charge in [-0.15, -0.1) is 0 Å². The minimum atomic E-state index is 1.06. The Hall–Kier alpha value is -5.34. The summed E-state index contributed by atoms with van der Waals surface area (Å²) >= 11 is 0. The van der Waals surface area contributed by atoms with Crippen LogP contribution in [0.3, 0.4) is 0 Å². The van der Waals surface area contributed by atoms with Crippen LogP contribution in [0, 0.1) is 0 Å². The molecule has 2 heterocycles. The lowest BCUT2D eigenvalue weighted by atomic mass is 10.0. The maximum Gasteiger partial charge on any atom is 0.0703 e. The van der Waals surface area contributed by atoms with Crippen LogP contribution >= 0.6 is 0 Å². The second-order valence-electron chi connectivity index (χ2n) is 9.94. The zero-order valence-corrected chi connectivity index (χ0v) is 22.3. The Kier molecular flexibility index (Phi) is 5.43. The van der Waals surface area contributed by atoms with Crippen molar-refractivity contribution in [3.8, 4) is 11.4 Å². The summed E-state index contributed by atoms with van der Waals surface area (Å²) in [6.45, 7) is 16.6. The second kappa shape index (κ2) is 9.14. The minimum Gasteiger partial charge on any atom is -0.307 e. The molecular formula is C38H28N2. The van der Waals surface area contributed by atoms with Gasteiger partial charge < -0.3 is 9.13 Å². The Morgan fingerprint density at radius 2 is 0.800 bits per heavy atom. The highest BCUT2D eigenvalue weighted by Crippen LogP contribution is 2.41. The monoisotopic (exact) mass is 512 g/mol. The van der Waals surface area contributed by atoms with Gasteiger partial charge in [0.15, 0.2) is 0 Å². The Labute approximate surface area is 233 Å². The Bertz CT molecular complexity index is 2020. The second-order valence-corrected chi connectivity index (χ2v) is 9.94. The highest BCUT2D eigenvalue weighted by atomic mass is 15.1. The lowest BCUT2D eigenvalue weighted by molar-refractivity contribution is 1.09. The molecule has 0 spiro atoms. The average Bonchev–Trinajstić information content (AvgIpc) is 3.53. The Morgan fingerprint density at radius 1 is 0.400 bits per heavy atom. The number of rotatable bonds is 6. The van der Waals surface area contributed by atoms with Crippen LogP contribution in [-0.4, -0.2) is 9.13 Å². The molecule has 0 aliphatic heterocycles. The summed E-state index contributed by atoms with van der Waals surface area (Å²) in [7, 11) is 0. The van der Waals surface area contributed by atoms with Gasteiger partial charge in [-0.25, -0.2) is 0 Å². The Balaban J connectivity index is 1.71. The van der Waals surface area contributed by atoms with E-state index in [1.54, 1.807) is 0 Å². The van der Waals surface area contributed by atoms with Crippen molar-refractivity contribution < 1.29 is 0 Å². The first-order chi connectivity index (χ1) is 19.7. The summed E-state index contributed by atoms with van der Waals surface area (Å²) in [6, 6.07) is 34.5. The number of hydrogen-bond donors (Lipinski definition) is 0. The summed E-state index contributed by atoms with van der Waals surface area (Å²) in [5, 5.41) is 4.78.